The number of sulfonamides is 1. The SMILES string of the molecule is COc1ccc(Br)cc1S(=O)(=O)Nc1ccccc1OC(F)(F)F. The van der Waals surface area contributed by atoms with Crippen LogP contribution in [-0.4, -0.2) is 21.9 Å². The zero-order valence-electron chi connectivity index (χ0n) is 12.1. The number of alkyl halides is 3. The molecule has 5 nitrogen and oxygen atoms in total. The van der Waals surface area contributed by atoms with E-state index in [2.05, 4.69) is 25.4 Å². The highest BCUT2D eigenvalue weighted by Gasteiger charge is 2.32. The first-order valence-corrected chi connectivity index (χ1v) is 8.61. The number of methoxy groups -OCH3 is 1. The first-order chi connectivity index (χ1) is 11.1. The van der Waals surface area contributed by atoms with Crippen LogP contribution >= 0.6 is 15.9 Å². The predicted octanol–water partition coefficient (Wildman–Crippen LogP) is 4.16. The lowest BCUT2D eigenvalue weighted by Gasteiger charge is -2.16. The van der Waals surface area contributed by atoms with Gasteiger partial charge in [-0.25, -0.2) is 8.42 Å². The number of anilines is 1. The fourth-order valence-electron chi connectivity index (χ4n) is 1.82. The van der Waals surface area contributed by atoms with Crippen LogP contribution in [0, 0.1) is 0 Å². The highest BCUT2D eigenvalue weighted by molar-refractivity contribution is 9.10. The molecule has 24 heavy (non-hydrogen) atoms. The third kappa shape index (κ3) is 4.54. The zero-order chi connectivity index (χ0) is 18.0. The van der Waals surface area contributed by atoms with Gasteiger partial charge >= 0.3 is 6.36 Å². The summed E-state index contributed by atoms with van der Waals surface area (Å²) in [4.78, 5) is -0.235. The van der Waals surface area contributed by atoms with Crippen molar-refractivity contribution in [1.29, 1.82) is 0 Å². The van der Waals surface area contributed by atoms with Crippen molar-refractivity contribution in [2.75, 3.05) is 11.8 Å². The van der Waals surface area contributed by atoms with Crippen LogP contribution in [-0.2, 0) is 10.0 Å². The summed E-state index contributed by atoms with van der Waals surface area (Å²) in [5.41, 5.74) is -0.350. The van der Waals surface area contributed by atoms with Crippen molar-refractivity contribution in [3.05, 3.63) is 46.9 Å². The van der Waals surface area contributed by atoms with E-state index in [1.165, 1.54) is 31.4 Å². The highest BCUT2D eigenvalue weighted by Crippen LogP contribution is 2.34. The van der Waals surface area contributed by atoms with Gasteiger partial charge in [0.15, 0.2) is 5.75 Å². The number of ether oxygens (including phenoxy) is 2. The molecule has 0 saturated carbocycles. The van der Waals surface area contributed by atoms with E-state index in [-0.39, 0.29) is 16.3 Å². The minimum Gasteiger partial charge on any atom is -0.495 e. The molecule has 0 aliphatic carbocycles. The van der Waals surface area contributed by atoms with Crippen molar-refractivity contribution < 1.29 is 31.1 Å². The van der Waals surface area contributed by atoms with E-state index in [0.29, 0.717) is 4.47 Å². The maximum Gasteiger partial charge on any atom is 0.573 e. The maximum atomic E-state index is 12.5. The van der Waals surface area contributed by atoms with E-state index in [1.807, 2.05) is 0 Å². The number of halogens is 4. The summed E-state index contributed by atoms with van der Waals surface area (Å²) in [5.74, 6) is -0.623. The summed E-state index contributed by atoms with van der Waals surface area (Å²) >= 11 is 3.14. The van der Waals surface area contributed by atoms with Crippen LogP contribution in [0.1, 0.15) is 0 Å². The lowest BCUT2D eigenvalue weighted by Crippen LogP contribution is -2.20. The van der Waals surface area contributed by atoms with E-state index in [4.69, 9.17) is 4.74 Å². The third-order valence-electron chi connectivity index (χ3n) is 2.77. The molecule has 1 N–H and O–H groups in total. The Labute approximate surface area is 144 Å². The summed E-state index contributed by atoms with van der Waals surface area (Å²) in [7, 11) is -2.93. The molecule has 0 amide bonds. The van der Waals surface area contributed by atoms with Crippen molar-refractivity contribution in [1.82, 2.24) is 0 Å². The second-order valence-corrected chi connectivity index (χ2v) is 7.01. The molecule has 2 aromatic rings. The van der Waals surface area contributed by atoms with E-state index in [9.17, 15) is 21.6 Å². The molecule has 0 radical (unpaired) electrons. The molecule has 0 aliphatic heterocycles. The van der Waals surface area contributed by atoms with Crippen molar-refractivity contribution in [2.24, 2.45) is 0 Å². The molecule has 0 atom stereocenters. The Morgan fingerprint density at radius 1 is 1.08 bits per heavy atom. The lowest BCUT2D eigenvalue weighted by atomic mass is 10.3. The number of hydrogen-bond acceptors (Lipinski definition) is 4. The Balaban J connectivity index is 2.43. The van der Waals surface area contributed by atoms with Crippen LogP contribution in [0.2, 0.25) is 0 Å². The molecule has 0 bridgehead atoms. The van der Waals surface area contributed by atoms with E-state index < -0.39 is 22.1 Å². The summed E-state index contributed by atoms with van der Waals surface area (Å²) < 4.78 is 73.6. The van der Waals surface area contributed by atoms with Gasteiger partial charge in [-0.05, 0) is 30.3 Å². The Morgan fingerprint density at radius 2 is 1.75 bits per heavy atom. The molecule has 0 spiro atoms. The van der Waals surface area contributed by atoms with Crippen molar-refractivity contribution in [3.63, 3.8) is 0 Å². The van der Waals surface area contributed by atoms with Crippen molar-refractivity contribution >= 4 is 31.6 Å². The molecule has 0 heterocycles. The fourth-order valence-corrected chi connectivity index (χ4v) is 3.60. The van der Waals surface area contributed by atoms with Crippen LogP contribution in [0.4, 0.5) is 18.9 Å². The molecule has 0 aliphatic rings. The highest BCUT2D eigenvalue weighted by atomic mass is 79.9. The Bertz CT molecular complexity index is 840. The normalized spacial score (nSPS) is 11.9. The summed E-state index contributed by atoms with van der Waals surface area (Å²) in [6.45, 7) is 0. The van der Waals surface area contributed by atoms with Gasteiger partial charge in [-0.2, -0.15) is 0 Å². The maximum absolute atomic E-state index is 12.5. The predicted molar refractivity (Wildman–Crippen MR) is 84.6 cm³/mol. The number of nitrogens with one attached hydrogen (secondary N) is 1. The molecule has 0 saturated heterocycles. The van der Waals surface area contributed by atoms with Crippen LogP contribution in [0.3, 0.4) is 0 Å². The fraction of sp³-hybridized carbons (Fsp3) is 0.143. The molecular weight excluding hydrogens is 415 g/mol. The molecule has 2 rings (SSSR count). The van der Waals surface area contributed by atoms with E-state index >= 15 is 0 Å². The summed E-state index contributed by atoms with van der Waals surface area (Å²) in [5, 5.41) is 0. The molecule has 0 fully saturated rings. The molecule has 2 aromatic carbocycles. The van der Waals surface area contributed by atoms with Gasteiger partial charge in [-0.15, -0.1) is 13.2 Å². The second-order valence-electron chi connectivity index (χ2n) is 4.44. The lowest BCUT2D eigenvalue weighted by molar-refractivity contribution is -0.274. The molecule has 130 valence electrons. The monoisotopic (exact) mass is 425 g/mol. The second kappa shape index (κ2) is 6.89. The third-order valence-corrected chi connectivity index (χ3v) is 4.65. The van der Waals surface area contributed by atoms with Crippen molar-refractivity contribution in [3.8, 4) is 11.5 Å². The molecule has 10 heteroatoms. The van der Waals surface area contributed by atoms with E-state index in [1.54, 1.807) is 6.07 Å². The van der Waals surface area contributed by atoms with Gasteiger partial charge in [-0.1, -0.05) is 28.1 Å². The van der Waals surface area contributed by atoms with Gasteiger partial charge in [0.1, 0.15) is 10.6 Å². The quantitative estimate of drug-likeness (QED) is 0.780. The number of hydrogen-bond donors (Lipinski definition) is 1. The van der Waals surface area contributed by atoms with Crippen molar-refractivity contribution in [2.45, 2.75) is 11.3 Å². The average Bonchev–Trinajstić information content (AvgIpc) is 2.47. The first-order valence-electron chi connectivity index (χ1n) is 6.33. The largest absolute Gasteiger partial charge is 0.573 e. The van der Waals surface area contributed by atoms with Gasteiger partial charge in [-0.3, -0.25) is 4.72 Å². The molecule has 0 aromatic heterocycles. The summed E-state index contributed by atoms with van der Waals surface area (Å²) in [6, 6.07) is 9.08. The smallest absolute Gasteiger partial charge is 0.495 e. The first kappa shape index (κ1) is 18.4. The number of rotatable bonds is 5. The van der Waals surface area contributed by atoms with Gasteiger partial charge in [0, 0.05) is 4.47 Å². The minimum absolute atomic E-state index is 0.0416. The topological polar surface area (TPSA) is 64.6 Å². The van der Waals surface area contributed by atoms with Crippen LogP contribution < -0.4 is 14.2 Å². The average molecular weight is 426 g/mol. The Hall–Kier alpha value is -1.94. The van der Waals surface area contributed by atoms with Crippen LogP contribution in [0.15, 0.2) is 51.8 Å². The van der Waals surface area contributed by atoms with E-state index in [0.717, 1.165) is 12.1 Å². The van der Waals surface area contributed by atoms with Gasteiger partial charge in [0.25, 0.3) is 10.0 Å². The van der Waals surface area contributed by atoms with Gasteiger partial charge in [0.2, 0.25) is 0 Å². The minimum atomic E-state index is -4.95. The number of para-hydroxylation sites is 2. The molecule has 0 unspecified atom stereocenters. The Kier molecular flexibility index (Phi) is 5.29. The standard InChI is InChI=1S/C14H11BrF3NO4S/c1-22-12-7-6-9(15)8-13(12)24(20,21)19-10-4-2-3-5-11(10)23-14(16,17)18/h2-8,19H,1H3. The van der Waals surface area contributed by atoms with Gasteiger partial charge < -0.3 is 9.47 Å². The summed E-state index contributed by atoms with van der Waals surface area (Å²) in [6.07, 6.45) is -4.95. The Morgan fingerprint density at radius 3 is 2.38 bits per heavy atom. The zero-order valence-corrected chi connectivity index (χ0v) is 14.5. The molecular formula is C14H11BrF3NO4S. The van der Waals surface area contributed by atoms with Gasteiger partial charge in [0.05, 0.1) is 12.8 Å². The number of benzene rings is 2. The van der Waals surface area contributed by atoms with Crippen LogP contribution in [0.5, 0.6) is 11.5 Å². The van der Waals surface area contributed by atoms with Crippen LogP contribution in [0.25, 0.3) is 0 Å².